The van der Waals surface area contributed by atoms with Crippen molar-refractivity contribution in [3.05, 3.63) is 101 Å². The van der Waals surface area contributed by atoms with Crippen molar-refractivity contribution >= 4 is 5.90 Å². The largest absolute Gasteiger partial charge is 0.458 e. The Kier molecular flexibility index (Phi) is 3.26. The standard InChI is InChI=1S/C24H21NO2/c1-16-14-21-22(15-17(16)2)27-24(20-12-8-5-9-13-20)23(21,26-18(3)25-24)19-10-6-4-7-11-19/h4-15H,1-3H3/t23-,24+/m0/s1. The van der Waals surface area contributed by atoms with Gasteiger partial charge in [-0.2, -0.15) is 0 Å². The van der Waals surface area contributed by atoms with Crippen LogP contribution in [0.15, 0.2) is 77.8 Å². The molecule has 0 spiro atoms. The van der Waals surface area contributed by atoms with Crippen molar-refractivity contribution in [1.82, 2.24) is 0 Å². The first-order valence-corrected chi connectivity index (χ1v) is 9.24. The Balaban J connectivity index is 1.89. The van der Waals surface area contributed by atoms with Gasteiger partial charge in [-0.05, 0) is 37.1 Å². The molecule has 0 amide bonds. The van der Waals surface area contributed by atoms with Gasteiger partial charge in [0.05, 0.1) is 0 Å². The number of nitrogens with zero attached hydrogens (tertiary/aromatic N) is 1. The van der Waals surface area contributed by atoms with Crippen LogP contribution in [0.4, 0.5) is 0 Å². The van der Waals surface area contributed by atoms with Gasteiger partial charge in [-0.15, -0.1) is 0 Å². The molecule has 0 unspecified atom stereocenters. The molecule has 2 aliphatic rings. The Morgan fingerprint density at radius 1 is 0.704 bits per heavy atom. The fourth-order valence-electron chi connectivity index (χ4n) is 4.33. The van der Waals surface area contributed by atoms with E-state index >= 15 is 0 Å². The van der Waals surface area contributed by atoms with Crippen LogP contribution >= 0.6 is 0 Å². The van der Waals surface area contributed by atoms with Crippen molar-refractivity contribution < 1.29 is 9.47 Å². The lowest BCUT2D eigenvalue weighted by Crippen LogP contribution is -2.46. The lowest BCUT2D eigenvalue weighted by Gasteiger charge is -2.36. The number of aliphatic imine (C=N–C) groups is 1. The van der Waals surface area contributed by atoms with E-state index in [1.165, 1.54) is 11.1 Å². The molecule has 0 radical (unpaired) electrons. The molecule has 3 aromatic rings. The van der Waals surface area contributed by atoms with Crippen LogP contribution in [-0.4, -0.2) is 5.90 Å². The van der Waals surface area contributed by atoms with Crippen LogP contribution in [-0.2, 0) is 16.1 Å². The SMILES string of the molecule is CC1=N[C@]2(c3ccccc3)Oc3cc(C)c(C)cc3[C@]2(c2ccccc2)O1. The summed E-state index contributed by atoms with van der Waals surface area (Å²) in [6.07, 6.45) is 0. The summed E-state index contributed by atoms with van der Waals surface area (Å²) in [7, 11) is 0. The van der Waals surface area contributed by atoms with Crippen LogP contribution in [0.3, 0.4) is 0 Å². The summed E-state index contributed by atoms with van der Waals surface area (Å²) in [5.41, 5.74) is 3.65. The minimum absolute atomic E-state index is 0.631. The van der Waals surface area contributed by atoms with E-state index in [0.717, 1.165) is 22.4 Å². The van der Waals surface area contributed by atoms with Crippen LogP contribution in [0.25, 0.3) is 0 Å². The number of hydrogen-bond donors (Lipinski definition) is 0. The molecule has 0 N–H and O–H groups in total. The highest BCUT2D eigenvalue weighted by molar-refractivity contribution is 5.80. The van der Waals surface area contributed by atoms with E-state index in [-0.39, 0.29) is 0 Å². The zero-order chi connectivity index (χ0) is 18.6. The van der Waals surface area contributed by atoms with Gasteiger partial charge in [-0.25, -0.2) is 4.99 Å². The average Bonchev–Trinajstić information content (AvgIpc) is 3.12. The summed E-state index contributed by atoms with van der Waals surface area (Å²) in [4.78, 5) is 4.95. The van der Waals surface area contributed by atoms with E-state index in [4.69, 9.17) is 14.5 Å². The third kappa shape index (κ3) is 2.00. The molecule has 0 fully saturated rings. The fourth-order valence-corrected chi connectivity index (χ4v) is 4.33. The van der Waals surface area contributed by atoms with E-state index < -0.39 is 11.3 Å². The fraction of sp³-hybridized carbons (Fsp3) is 0.208. The third-order valence-electron chi connectivity index (χ3n) is 5.67. The van der Waals surface area contributed by atoms with Gasteiger partial charge in [-0.3, -0.25) is 0 Å². The number of aryl methyl sites for hydroxylation is 2. The number of ether oxygens (including phenoxy) is 2. The van der Waals surface area contributed by atoms with Crippen molar-refractivity contribution in [2.75, 3.05) is 0 Å². The van der Waals surface area contributed by atoms with Gasteiger partial charge >= 0.3 is 0 Å². The Labute approximate surface area is 159 Å². The lowest BCUT2D eigenvalue weighted by atomic mass is 9.76. The van der Waals surface area contributed by atoms with Gasteiger partial charge in [0, 0.05) is 23.6 Å². The Morgan fingerprint density at radius 2 is 1.30 bits per heavy atom. The Morgan fingerprint density at radius 3 is 1.96 bits per heavy atom. The van der Waals surface area contributed by atoms with Gasteiger partial charge in [0.2, 0.25) is 5.60 Å². The van der Waals surface area contributed by atoms with Crippen LogP contribution < -0.4 is 4.74 Å². The summed E-state index contributed by atoms with van der Waals surface area (Å²) in [6, 6.07) is 24.8. The van der Waals surface area contributed by atoms with E-state index in [2.05, 4.69) is 50.2 Å². The Bertz CT molecular complexity index is 1060. The molecule has 0 saturated carbocycles. The molecular weight excluding hydrogens is 334 g/mol. The smallest absolute Gasteiger partial charge is 0.277 e. The van der Waals surface area contributed by atoms with Gasteiger partial charge in [0.25, 0.3) is 5.72 Å². The zero-order valence-corrected chi connectivity index (χ0v) is 15.7. The topological polar surface area (TPSA) is 30.8 Å². The van der Waals surface area contributed by atoms with Gasteiger partial charge in [0.15, 0.2) is 5.90 Å². The van der Waals surface area contributed by atoms with E-state index in [1.54, 1.807) is 0 Å². The molecule has 0 aromatic heterocycles. The van der Waals surface area contributed by atoms with E-state index in [9.17, 15) is 0 Å². The van der Waals surface area contributed by atoms with Crippen molar-refractivity contribution in [2.24, 2.45) is 4.99 Å². The highest BCUT2D eigenvalue weighted by Crippen LogP contribution is 2.62. The third-order valence-corrected chi connectivity index (χ3v) is 5.67. The number of rotatable bonds is 2. The summed E-state index contributed by atoms with van der Waals surface area (Å²) in [5.74, 6) is 1.47. The van der Waals surface area contributed by atoms with Gasteiger partial charge in [0.1, 0.15) is 5.75 Å². The quantitative estimate of drug-likeness (QED) is 0.629. The predicted octanol–water partition coefficient (Wildman–Crippen LogP) is 5.24. The molecule has 0 aliphatic carbocycles. The highest BCUT2D eigenvalue weighted by Gasteiger charge is 2.68. The second-order valence-electron chi connectivity index (χ2n) is 7.32. The molecule has 3 aromatic carbocycles. The second-order valence-corrected chi connectivity index (χ2v) is 7.32. The van der Waals surface area contributed by atoms with Gasteiger partial charge in [-0.1, -0.05) is 60.7 Å². The molecule has 0 saturated heterocycles. The minimum Gasteiger partial charge on any atom is -0.458 e. The average molecular weight is 355 g/mol. The van der Waals surface area contributed by atoms with Crippen LogP contribution in [0.2, 0.25) is 0 Å². The first kappa shape index (κ1) is 16.1. The van der Waals surface area contributed by atoms with Crippen LogP contribution in [0.5, 0.6) is 5.75 Å². The first-order valence-electron chi connectivity index (χ1n) is 9.24. The molecule has 3 nitrogen and oxygen atoms in total. The van der Waals surface area contributed by atoms with Crippen molar-refractivity contribution in [2.45, 2.75) is 32.1 Å². The molecule has 2 heterocycles. The maximum absolute atomic E-state index is 6.66. The highest BCUT2D eigenvalue weighted by atomic mass is 16.6. The second kappa shape index (κ2) is 5.46. The summed E-state index contributed by atoms with van der Waals surface area (Å²) in [6.45, 7) is 6.13. The summed E-state index contributed by atoms with van der Waals surface area (Å²) in [5, 5.41) is 0. The molecular formula is C24H21NO2. The van der Waals surface area contributed by atoms with Crippen LogP contribution in [0.1, 0.15) is 34.7 Å². The van der Waals surface area contributed by atoms with Crippen molar-refractivity contribution in [3.8, 4) is 5.75 Å². The minimum atomic E-state index is -0.970. The molecule has 27 heavy (non-hydrogen) atoms. The maximum Gasteiger partial charge on any atom is 0.277 e. The first-order chi connectivity index (χ1) is 13.1. The monoisotopic (exact) mass is 355 g/mol. The molecule has 2 atom stereocenters. The molecule has 2 aliphatic heterocycles. The van der Waals surface area contributed by atoms with Crippen LogP contribution in [0, 0.1) is 13.8 Å². The molecule has 134 valence electrons. The van der Waals surface area contributed by atoms with Crippen molar-refractivity contribution in [1.29, 1.82) is 0 Å². The summed E-state index contributed by atoms with van der Waals surface area (Å²) < 4.78 is 13.2. The zero-order valence-electron chi connectivity index (χ0n) is 15.7. The molecule has 3 heteroatoms. The Hall–Kier alpha value is -3.07. The van der Waals surface area contributed by atoms with Crippen molar-refractivity contribution in [3.63, 3.8) is 0 Å². The molecule has 5 rings (SSSR count). The number of fused-ring (bicyclic) bond motifs is 3. The summed E-state index contributed by atoms with van der Waals surface area (Å²) >= 11 is 0. The predicted molar refractivity (Wildman–Crippen MR) is 106 cm³/mol. The normalized spacial score (nSPS) is 25.2. The van der Waals surface area contributed by atoms with E-state index in [0.29, 0.717) is 5.90 Å². The van der Waals surface area contributed by atoms with Gasteiger partial charge < -0.3 is 9.47 Å². The maximum atomic E-state index is 6.66. The molecule has 0 bridgehead atoms. The lowest BCUT2D eigenvalue weighted by molar-refractivity contribution is -0.0489. The van der Waals surface area contributed by atoms with E-state index in [1.807, 2.05) is 43.3 Å². The number of hydrogen-bond acceptors (Lipinski definition) is 3. The number of benzene rings is 3.